The van der Waals surface area contributed by atoms with Crippen LogP contribution in [0.1, 0.15) is 38.5 Å². The predicted octanol–water partition coefficient (Wildman–Crippen LogP) is 2.70. The molecule has 12 heteroatoms. The molecule has 2 amide bonds. The Kier molecular flexibility index (Phi) is 8.18. The van der Waals surface area contributed by atoms with Crippen LogP contribution in [-0.2, 0) is 6.42 Å². The van der Waals surface area contributed by atoms with Crippen molar-refractivity contribution >= 4 is 22.7 Å². The summed E-state index contributed by atoms with van der Waals surface area (Å²) in [4.78, 5) is 33.3. The van der Waals surface area contributed by atoms with Crippen LogP contribution in [0.15, 0.2) is 36.5 Å². The summed E-state index contributed by atoms with van der Waals surface area (Å²) in [5.41, 5.74) is 0.0546. The van der Waals surface area contributed by atoms with E-state index in [-0.39, 0.29) is 23.9 Å². The molecule has 3 rings (SSSR count). The molecule has 0 atom stereocenters. The summed E-state index contributed by atoms with van der Waals surface area (Å²) in [5, 5.41) is 17.8. The van der Waals surface area contributed by atoms with Crippen LogP contribution in [0.25, 0.3) is 10.9 Å². The van der Waals surface area contributed by atoms with Crippen molar-refractivity contribution in [2.24, 2.45) is 0 Å². The largest absolute Gasteiger partial charge is 0.504 e. The van der Waals surface area contributed by atoms with Crippen molar-refractivity contribution in [2.75, 3.05) is 26.7 Å². The standard InChI is InChI=1S/C23H23F4N5O3/c1-28-7-2-8-29-22(35)19-20(33)17-16(18(32-19)21(34)31-12-23(25,26)27)10-14(11-30-17)9-13-3-5-15(24)6-4-13/h3-6,10-11,28,33H,2,7-9,12H2,1H3,(H,29,35)(H,31,34). The third-order valence-corrected chi connectivity index (χ3v) is 4.96. The van der Waals surface area contributed by atoms with Crippen molar-refractivity contribution < 1.29 is 32.3 Å². The molecule has 0 radical (unpaired) electrons. The molecule has 1 aromatic carbocycles. The minimum atomic E-state index is -4.66. The maximum atomic E-state index is 13.2. The van der Waals surface area contributed by atoms with Gasteiger partial charge < -0.3 is 21.1 Å². The summed E-state index contributed by atoms with van der Waals surface area (Å²) >= 11 is 0. The van der Waals surface area contributed by atoms with Gasteiger partial charge in [-0.2, -0.15) is 13.2 Å². The molecule has 2 heterocycles. The molecule has 186 valence electrons. The van der Waals surface area contributed by atoms with Crippen molar-refractivity contribution in [3.05, 3.63) is 64.9 Å². The van der Waals surface area contributed by atoms with Crippen LogP contribution in [0.2, 0.25) is 0 Å². The Morgan fingerprint density at radius 3 is 2.34 bits per heavy atom. The Morgan fingerprint density at radius 1 is 1.00 bits per heavy atom. The highest BCUT2D eigenvalue weighted by Gasteiger charge is 2.30. The molecular weight excluding hydrogens is 470 g/mol. The number of halogens is 4. The molecule has 0 aliphatic heterocycles. The number of rotatable bonds is 9. The highest BCUT2D eigenvalue weighted by Crippen LogP contribution is 2.29. The molecule has 35 heavy (non-hydrogen) atoms. The number of benzene rings is 1. The van der Waals surface area contributed by atoms with Crippen molar-refractivity contribution in [3.8, 4) is 5.75 Å². The smallest absolute Gasteiger partial charge is 0.405 e. The Balaban J connectivity index is 2.01. The molecule has 8 nitrogen and oxygen atoms in total. The normalized spacial score (nSPS) is 11.5. The lowest BCUT2D eigenvalue weighted by molar-refractivity contribution is -0.123. The summed E-state index contributed by atoms with van der Waals surface area (Å²) in [5.74, 6) is -3.01. The molecule has 0 aliphatic carbocycles. The Morgan fingerprint density at radius 2 is 1.69 bits per heavy atom. The predicted molar refractivity (Wildman–Crippen MR) is 120 cm³/mol. The number of alkyl halides is 3. The zero-order chi connectivity index (χ0) is 25.6. The molecule has 0 aliphatic rings. The van der Waals surface area contributed by atoms with Gasteiger partial charge in [0.05, 0.1) is 0 Å². The number of fused-ring (bicyclic) bond motifs is 1. The second-order valence-corrected chi connectivity index (χ2v) is 7.71. The van der Waals surface area contributed by atoms with E-state index in [2.05, 4.69) is 20.6 Å². The quantitative estimate of drug-likeness (QED) is 0.269. The van der Waals surface area contributed by atoms with Crippen LogP contribution in [0.5, 0.6) is 5.75 Å². The first-order chi connectivity index (χ1) is 16.6. The number of pyridine rings is 2. The van der Waals surface area contributed by atoms with Crippen molar-refractivity contribution in [1.29, 1.82) is 0 Å². The van der Waals surface area contributed by atoms with Crippen molar-refractivity contribution in [3.63, 3.8) is 0 Å². The van der Waals surface area contributed by atoms with Gasteiger partial charge >= 0.3 is 6.18 Å². The molecule has 2 aromatic heterocycles. The molecule has 0 bridgehead atoms. The van der Waals surface area contributed by atoms with Gasteiger partial charge in [-0.25, -0.2) is 9.37 Å². The Bertz CT molecular complexity index is 1220. The number of amides is 2. The van der Waals surface area contributed by atoms with E-state index in [0.717, 1.165) is 0 Å². The summed E-state index contributed by atoms with van der Waals surface area (Å²) in [6.45, 7) is -0.760. The fraction of sp³-hybridized carbons (Fsp3) is 0.304. The fourth-order valence-corrected chi connectivity index (χ4v) is 3.30. The molecule has 4 N–H and O–H groups in total. The second kappa shape index (κ2) is 11.1. The minimum absolute atomic E-state index is 0.0338. The van der Waals surface area contributed by atoms with Crippen LogP contribution in [0.3, 0.4) is 0 Å². The Hall–Kier alpha value is -3.80. The van der Waals surface area contributed by atoms with E-state index >= 15 is 0 Å². The maximum absolute atomic E-state index is 13.2. The zero-order valence-corrected chi connectivity index (χ0v) is 18.7. The van der Waals surface area contributed by atoms with E-state index in [0.29, 0.717) is 24.1 Å². The highest BCUT2D eigenvalue weighted by molar-refractivity contribution is 6.09. The van der Waals surface area contributed by atoms with Gasteiger partial charge in [0.15, 0.2) is 11.4 Å². The van der Waals surface area contributed by atoms with Gasteiger partial charge in [-0.1, -0.05) is 12.1 Å². The molecule has 0 spiro atoms. The number of nitrogens with one attached hydrogen (secondary N) is 3. The van der Waals surface area contributed by atoms with E-state index in [1.165, 1.54) is 24.4 Å². The average Bonchev–Trinajstić information content (AvgIpc) is 2.81. The van der Waals surface area contributed by atoms with Gasteiger partial charge in [0, 0.05) is 18.1 Å². The summed E-state index contributed by atoms with van der Waals surface area (Å²) in [6, 6.07) is 7.08. The number of hydrogen-bond acceptors (Lipinski definition) is 6. The van der Waals surface area contributed by atoms with Crippen LogP contribution < -0.4 is 16.0 Å². The number of aromatic hydroxyl groups is 1. The summed E-state index contributed by atoms with van der Waals surface area (Å²) < 4.78 is 51.2. The van der Waals surface area contributed by atoms with Gasteiger partial charge in [0.2, 0.25) is 0 Å². The van der Waals surface area contributed by atoms with Gasteiger partial charge in [0.1, 0.15) is 23.6 Å². The fourth-order valence-electron chi connectivity index (χ4n) is 3.30. The lowest BCUT2D eigenvalue weighted by Crippen LogP contribution is -2.35. The van der Waals surface area contributed by atoms with E-state index in [9.17, 15) is 32.3 Å². The molecule has 0 saturated carbocycles. The molecule has 3 aromatic rings. The third kappa shape index (κ3) is 6.85. The van der Waals surface area contributed by atoms with E-state index in [1.54, 1.807) is 24.5 Å². The first kappa shape index (κ1) is 25.8. The highest BCUT2D eigenvalue weighted by atomic mass is 19.4. The zero-order valence-electron chi connectivity index (χ0n) is 18.7. The molecule has 0 unspecified atom stereocenters. The summed E-state index contributed by atoms with van der Waals surface area (Å²) in [7, 11) is 1.74. The molecule has 0 saturated heterocycles. The van der Waals surface area contributed by atoms with Gasteiger partial charge in [-0.15, -0.1) is 0 Å². The van der Waals surface area contributed by atoms with Crippen LogP contribution >= 0.6 is 0 Å². The number of carbonyl (C=O) groups excluding carboxylic acids is 2. The number of carbonyl (C=O) groups is 2. The minimum Gasteiger partial charge on any atom is -0.504 e. The SMILES string of the molecule is CNCCCNC(=O)c1nc(C(=O)NCC(F)(F)F)c2cc(Cc3ccc(F)cc3)cnc2c1O. The number of aromatic nitrogens is 2. The first-order valence-electron chi connectivity index (χ1n) is 10.6. The lowest BCUT2D eigenvalue weighted by Gasteiger charge is -2.14. The average molecular weight is 493 g/mol. The molecular formula is C23H23F4N5O3. The lowest BCUT2D eigenvalue weighted by atomic mass is 10.0. The summed E-state index contributed by atoms with van der Waals surface area (Å²) in [6.07, 6.45) is -2.44. The van der Waals surface area contributed by atoms with Crippen LogP contribution in [-0.4, -0.2) is 59.7 Å². The Labute approximate surface area is 197 Å². The van der Waals surface area contributed by atoms with Crippen LogP contribution in [0, 0.1) is 5.82 Å². The van der Waals surface area contributed by atoms with Gasteiger partial charge in [-0.3, -0.25) is 14.6 Å². The van der Waals surface area contributed by atoms with Crippen molar-refractivity contribution in [1.82, 2.24) is 25.9 Å². The van der Waals surface area contributed by atoms with Crippen LogP contribution in [0.4, 0.5) is 17.6 Å². The van der Waals surface area contributed by atoms with E-state index in [1.807, 2.05) is 0 Å². The van der Waals surface area contributed by atoms with Gasteiger partial charge in [-0.05, 0) is 55.8 Å². The maximum Gasteiger partial charge on any atom is 0.405 e. The van der Waals surface area contributed by atoms with E-state index in [4.69, 9.17) is 0 Å². The number of hydrogen-bond donors (Lipinski definition) is 4. The second-order valence-electron chi connectivity index (χ2n) is 7.71. The topological polar surface area (TPSA) is 116 Å². The monoisotopic (exact) mass is 493 g/mol. The van der Waals surface area contributed by atoms with Crippen molar-refractivity contribution in [2.45, 2.75) is 19.0 Å². The van der Waals surface area contributed by atoms with Gasteiger partial charge in [0.25, 0.3) is 11.8 Å². The first-order valence-corrected chi connectivity index (χ1v) is 10.6. The number of nitrogens with zero attached hydrogens (tertiary/aromatic N) is 2. The molecule has 0 fully saturated rings. The van der Waals surface area contributed by atoms with E-state index < -0.39 is 47.5 Å². The third-order valence-electron chi connectivity index (χ3n) is 4.96.